The number of fused-ring (bicyclic) bond motifs is 1. The van der Waals surface area contributed by atoms with Gasteiger partial charge in [-0.15, -0.1) is 0 Å². The van der Waals surface area contributed by atoms with Gasteiger partial charge < -0.3 is 10.1 Å². The van der Waals surface area contributed by atoms with Crippen molar-refractivity contribution in [3.8, 4) is 0 Å². The number of nitrogens with one attached hydrogen (secondary N) is 3. The van der Waals surface area contributed by atoms with E-state index in [1.54, 1.807) is 23.1 Å². The van der Waals surface area contributed by atoms with Gasteiger partial charge in [0, 0.05) is 31.3 Å². The van der Waals surface area contributed by atoms with E-state index < -0.39 is 11.8 Å². The summed E-state index contributed by atoms with van der Waals surface area (Å²) in [5.41, 5.74) is 9.13. The van der Waals surface area contributed by atoms with Crippen LogP contribution in [0.3, 0.4) is 0 Å². The highest BCUT2D eigenvalue weighted by Crippen LogP contribution is 2.28. The van der Waals surface area contributed by atoms with E-state index in [4.69, 9.17) is 5.21 Å². The van der Waals surface area contributed by atoms with Gasteiger partial charge in [0.1, 0.15) is 0 Å². The van der Waals surface area contributed by atoms with Crippen molar-refractivity contribution in [1.29, 1.82) is 0 Å². The number of benzene rings is 1. The van der Waals surface area contributed by atoms with Crippen LogP contribution in [-0.4, -0.2) is 36.0 Å². The Labute approximate surface area is 165 Å². The molecule has 1 aromatic rings. The van der Waals surface area contributed by atoms with Crippen LogP contribution in [0.4, 0.5) is 5.69 Å². The average molecular weight is 390 g/mol. The van der Waals surface area contributed by atoms with Gasteiger partial charge in [-0.25, -0.2) is 5.48 Å². The minimum Gasteiger partial charge on any atom is -0.317 e. The van der Waals surface area contributed by atoms with Gasteiger partial charge in [-0.2, -0.15) is 0 Å². The third-order valence-corrected chi connectivity index (χ3v) is 5.00. The Bertz CT molecular complexity index is 707. The number of hydrazine groups is 1. The first-order chi connectivity index (χ1) is 13.5. The van der Waals surface area contributed by atoms with Gasteiger partial charge in [-0.3, -0.25) is 25.2 Å². The van der Waals surface area contributed by atoms with Gasteiger partial charge in [-0.05, 0) is 43.0 Å². The molecule has 0 spiro atoms. The molecule has 0 unspecified atom stereocenters. The van der Waals surface area contributed by atoms with Crippen molar-refractivity contribution in [3.05, 3.63) is 29.3 Å². The summed E-state index contributed by atoms with van der Waals surface area (Å²) in [5.74, 6) is -1.20. The fourth-order valence-corrected chi connectivity index (χ4v) is 3.43. The number of anilines is 1. The Morgan fingerprint density at radius 2 is 2.00 bits per heavy atom. The zero-order valence-electron chi connectivity index (χ0n) is 16.6. The Morgan fingerprint density at radius 1 is 1.21 bits per heavy atom. The van der Waals surface area contributed by atoms with Crippen molar-refractivity contribution in [1.82, 2.24) is 16.3 Å². The number of unbranched alkanes of at least 4 members (excludes halogenated alkanes) is 2. The molecular weight excluding hydrogens is 360 g/mol. The topological polar surface area (TPSA) is 111 Å². The SMILES string of the molecule is CCCCC[C@H](CNO)C(=O)NNC(=O)c1ccc2c(c1)CCCN2C(C)=O. The molecule has 4 N–H and O–H groups in total. The molecule has 3 amide bonds. The third-order valence-electron chi connectivity index (χ3n) is 5.00. The number of amides is 3. The third kappa shape index (κ3) is 5.77. The molecule has 0 radical (unpaired) electrons. The van der Waals surface area contributed by atoms with E-state index in [0.717, 1.165) is 43.4 Å². The number of nitrogens with zero attached hydrogens (tertiary/aromatic N) is 1. The molecule has 8 heteroatoms. The van der Waals surface area contributed by atoms with E-state index >= 15 is 0 Å². The number of hydrogen-bond acceptors (Lipinski definition) is 5. The molecule has 1 aromatic carbocycles. The van der Waals surface area contributed by atoms with Gasteiger partial charge in [0.05, 0.1) is 5.92 Å². The van der Waals surface area contributed by atoms with Crippen LogP contribution in [-0.2, 0) is 16.0 Å². The molecule has 0 bridgehead atoms. The summed E-state index contributed by atoms with van der Waals surface area (Å²) in [4.78, 5) is 38.2. The number of rotatable bonds is 8. The highest BCUT2D eigenvalue weighted by atomic mass is 16.5. The second-order valence-electron chi connectivity index (χ2n) is 7.12. The zero-order valence-corrected chi connectivity index (χ0v) is 16.6. The molecule has 0 aliphatic carbocycles. The number of carbonyl (C=O) groups excluding carboxylic acids is 3. The Balaban J connectivity index is 1.97. The fourth-order valence-electron chi connectivity index (χ4n) is 3.43. The lowest BCUT2D eigenvalue weighted by Crippen LogP contribution is -2.46. The minimum absolute atomic E-state index is 0.0166. The molecule has 1 atom stereocenters. The summed E-state index contributed by atoms with van der Waals surface area (Å²) >= 11 is 0. The highest BCUT2D eigenvalue weighted by molar-refractivity contribution is 5.98. The lowest BCUT2D eigenvalue weighted by molar-refractivity contribution is -0.126. The van der Waals surface area contributed by atoms with E-state index in [1.807, 2.05) is 5.48 Å². The second-order valence-corrected chi connectivity index (χ2v) is 7.12. The molecular formula is C20H30N4O4. The molecule has 0 saturated carbocycles. The summed E-state index contributed by atoms with van der Waals surface area (Å²) < 4.78 is 0. The lowest BCUT2D eigenvalue weighted by Gasteiger charge is -2.28. The van der Waals surface area contributed by atoms with Crippen molar-refractivity contribution in [2.45, 2.75) is 52.4 Å². The van der Waals surface area contributed by atoms with Crippen molar-refractivity contribution >= 4 is 23.4 Å². The van der Waals surface area contributed by atoms with Crippen LogP contribution < -0.4 is 21.2 Å². The van der Waals surface area contributed by atoms with Gasteiger partial charge in [0.2, 0.25) is 11.8 Å². The monoisotopic (exact) mass is 390 g/mol. The standard InChI is InChI=1S/C20H30N4O4/c1-3-4-5-7-17(13-21-28)20(27)23-22-19(26)16-9-10-18-15(12-16)8-6-11-24(18)14(2)25/h9-10,12,17,21,28H,3-8,11,13H2,1-2H3,(H,22,26)(H,23,27)/t17-/m1/s1. The van der Waals surface area contributed by atoms with Crippen LogP contribution in [0.15, 0.2) is 18.2 Å². The van der Waals surface area contributed by atoms with Crippen LogP contribution in [0, 0.1) is 5.92 Å². The van der Waals surface area contributed by atoms with Crippen molar-refractivity contribution in [3.63, 3.8) is 0 Å². The van der Waals surface area contributed by atoms with Gasteiger partial charge in [0.25, 0.3) is 5.91 Å². The maximum Gasteiger partial charge on any atom is 0.269 e. The molecule has 0 fully saturated rings. The smallest absolute Gasteiger partial charge is 0.269 e. The first-order valence-corrected chi connectivity index (χ1v) is 9.86. The molecule has 1 aliphatic rings. The Kier molecular flexibility index (Phi) is 8.41. The normalized spacial score (nSPS) is 14.2. The largest absolute Gasteiger partial charge is 0.317 e. The van der Waals surface area contributed by atoms with Crippen LogP contribution >= 0.6 is 0 Å². The van der Waals surface area contributed by atoms with Crippen molar-refractivity contribution < 1.29 is 19.6 Å². The van der Waals surface area contributed by atoms with Crippen molar-refractivity contribution in [2.75, 3.05) is 18.0 Å². The summed E-state index contributed by atoms with van der Waals surface area (Å²) in [5, 5.41) is 8.93. The lowest BCUT2D eigenvalue weighted by atomic mass is 9.99. The predicted octanol–water partition coefficient (Wildman–Crippen LogP) is 1.92. The van der Waals surface area contributed by atoms with Gasteiger partial charge in [0.15, 0.2) is 0 Å². The predicted molar refractivity (Wildman–Crippen MR) is 106 cm³/mol. The van der Waals surface area contributed by atoms with Crippen LogP contribution in [0.5, 0.6) is 0 Å². The van der Waals surface area contributed by atoms with E-state index in [9.17, 15) is 14.4 Å². The van der Waals surface area contributed by atoms with Gasteiger partial charge in [-0.1, -0.05) is 26.2 Å². The molecule has 1 heterocycles. The molecule has 1 aliphatic heterocycles. The van der Waals surface area contributed by atoms with Crippen LogP contribution in [0.1, 0.15) is 61.9 Å². The van der Waals surface area contributed by atoms with E-state index in [-0.39, 0.29) is 18.4 Å². The number of carbonyl (C=O) groups is 3. The minimum atomic E-state index is -0.426. The molecule has 0 saturated heterocycles. The van der Waals surface area contributed by atoms with Crippen LogP contribution in [0.25, 0.3) is 0 Å². The Morgan fingerprint density at radius 3 is 2.68 bits per heavy atom. The summed E-state index contributed by atoms with van der Waals surface area (Å²) in [6.45, 7) is 4.42. The first-order valence-electron chi connectivity index (χ1n) is 9.86. The molecule has 2 rings (SSSR count). The molecule has 154 valence electrons. The second kappa shape index (κ2) is 10.8. The maximum atomic E-state index is 12.4. The van der Waals surface area contributed by atoms with Gasteiger partial charge >= 0.3 is 0 Å². The Hall–Kier alpha value is -2.45. The number of aryl methyl sites for hydroxylation is 1. The molecule has 0 aromatic heterocycles. The van der Waals surface area contributed by atoms with Crippen molar-refractivity contribution in [2.24, 2.45) is 5.92 Å². The summed E-state index contributed by atoms with van der Waals surface area (Å²) in [6, 6.07) is 5.19. The highest BCUT2D eigenvalue weighted by Gasteiger charge is 2.22. The molecule has 8 nitrogen and oxygen atoms in total. The first kappa shape index (κ1) is 21.8. The average Bonchev–Trinajstić information content (AvgIpc) is 2.70. The fraction of sp³-hybridized carbons (Fsp3) is 0.550. The summed E-state index contributed by atoms with van der Waals surface area (Å²) in [6.07, 6.45) is 5.20. The van der Waals surface area contributed by atoms with E-state index in [0.29, 0.717) is 18.5 Å². The maximum absolute atomic E-state index is 12.4. The van der Waals surface area contributed by atoms with Crippen LogP contribution in [0.2, 0.25) is 0 Å². The molecule has 28 heavy (non-hydrogen) atoms. The number of hydroxylamine groups is 1. The zero-order chi connectivity index (χ0) is 20.5. The summed E-state index contributed by atoms with van der Waals surface area (Å²) in [7, 11) is 0. The number of hydrogen-bond donors (Lipinski definition) is 4. The van der Waals surface area contributed by atoms with E-state index in [1.165, 1.54) is 6.92 Å². The van der Waals surface area contributed by atoms with E-state index in [2.05, 4.69) is 17.8 Å². The quantitative estimate of drug-likeness (QED) is 0.400.